The van der Waals surface area contributed by atoms with Gasteiger partial charge in [0.2, 0.25) is 0 Å². The Bertz CT molecular complexity index is 567. The van der Waals surface area contributed by atoms with Gasteiger partial charge in [-0.1, -0.05) is 25.5 Å². The summed E-state index contributed by atoms with van der Waals surface area (Å²) in [6.07, 6.45) is 14.1. The fourth-order valence-corrected chi connectivity index (χ4v) is 8.15. The van der Waals surface area contributed by atoms with Crippen molar-refractivity contribution in [2.24, 2.45) is 34.5 Å². The van der Waals surface area contributed by atoms with Gasteiger partial charge < -0.3 is 10.2 Å². The Hall–Kier alpha value is -0.340. The zero-order chi connectivity index (χ0) is 18.7. The van der Waals surface area contributed by atoms with E-state index < -0.39 is 0 Å². The highest BCUT2D eigenvalue weighted by Crippen LogP contribution is 2.66. The number of fused-ring (bicyclic) bond motifs is 5. The summed E-state index contributed by atoms with van der Waals surface area (Å²) < 4.78 is 0. The number of nitrogens with one attached hydrogen (secondary N) is 1. The first-order valence-electron chi connectivity index (χ1n) is 11.3. The molecule has 1 N–H and O–H groups in total. The van der Waals surface area contributed by atoms with Crippen LogP contribution in [0.1, 0.15) is 72.1 Å². The molecule has 3 fully saturated rings. The minimum Gasteiger partial charge on any atom is -0.317 e. The van der Waals surface area contributed by atoms with E-state index in [1.807, 2.05) is 5.57 Å². The van der Waals surface area contributed by atoms with Crippen molar-refractivity contribution in [2.75, 3.05) is 21.1 Å². The maximum atomic E-state index is 3.59. The first kappa shape index (κ1) is 19.0. The van der Waals surface area contributed by atoms with E-state index in [1.165, 1.54) is 51.4 Å². The molecule has 26 heavy (non-hydrogen) atoms. The van der Waals surface area contributed by atoms with E-state index in [0.29, 0.717) is 16.9 Å². The van der Waals surface area contributed by atoms with E-state index >= 15 is 0 Å². The average molecular weight is 359 g/mol. The third-order valence-electron chi connectivity index (χ3n) is 9.94. The minimum atomic E-state index is 0.503. The number of rotatable bonds is 3. The molecule has 0 bridgehead atoms. The zero-order valence-electron chi connectivity index (χ0n) is 18.1. The van der Waals surface area contributed by atoms with E-state index in [2.05, 4.69) is 58.2 Å². The van der Waals surface area contributed by atoms with Crippen LogP contribution in [0.25, 0.3) is 0 Å². The molecule has 3 saturated carbocycles. The second kappa shape index (κ2) is 6.62. The van der Waals surface area contributed by atoms with Gasteiger partial charge in [-0.25, -0.2) is 0 Å². The Kier molecular flexibility index (Phi) is 4.84. The van der Waals surface area contributed by atoms with Crippen LogP contribution in [0, 0.1) is 34.5 Å². The maximum absolute atomic E-state index is 3.59. The summed E-state index contributed by atoms with van der Waals surface area (Å²) >= 11 is 0. The van der Waals surface area contributed by atoms with Crippen LogP contribution in [0.2, 0.25) is 0 Å². The van der Waals surface area contributed by atoms with Gasteiger partial charge >= 0.3 is 0 Å². The fourth-order valence-electron chi connectivity index (χ4n) is 8.15. The lowest BCUT2D eigenvalue weighted by molar-refractivity contribution is -0.0491. The van der Waals surface area contributed by atoms with Crippen LogP contribution in [0.5, 0.6) is 0 Å². The van der Waals surface area contributed by atoms with Crippen LogP contribution in [0.3, 0.4) is 0 Å². The topological polar surface area (TPSA) is 15.3 Å². The van der Waals surface area contributed by atoms with Gasteiger partial charge in [0.15, 0.2) is 0 Å². The molecule has 0 aromatic carbocycles. The van der Waals surface area contributed by atoms with Crippen molar-refractivity contribution >= 4 is 0 Å². The van der Waals surface area contributed by atoms with Gasteiger partial charge in [-0.3, -0.25) is 0 Å². The van der Waals surface area contributed by atoms with Crippen molar-refractivity contribution in [1.29, 1.82) is 0 Å². The van der Waals surface area contributed by atoms with Crippen LogP contribution < -0.4 is 5.32 Å². The van der Waals surface area contributed by atoms with E-state index in [1.54, 1.807) is 0 Å². The Morgan fingerprint density at radius 2 is 1.85 bits per heavy atom. The van der Waals surface area contributed by atoms with E-state index in [4.69, 9.17) is 0 Å². The molecule has 0 aromatic rings. The highest BCUT2D eigenvalue weighted by Gasteiger charge is 2.59. The molecule has 4 aliphatic rings. The summed E-state index contributed by atoms with van der Waals surface area (Å²) in [5.74, 6) is 3.74. The highest BCUT2D eigenvalue weighted by atomic mass is 15.1. The molecule has 2 heteroatoms. The summed E-state index contributed by atoms with van der Waals surface area (Å²) in [6, 6.07) is 1.44. The molecule has 0 radical (unpaired) electrons. The first-order chi connectivity index (χ1) is 12.3. The molecule has 8 atom stereocenters. The van der Waals surface area contributed by atoms with Gasteiger partial charge in [0, 0.05) is 12.1 Å². The van der Waals surface area contributed by atoms with Gasteiger partial charge in [0.1, 0.15) is 0 Å². The third kappa shape index (κ3) is 2.65. The molecule has 0 aromatic heterocycles. The van der Waals surface area contributed by atoms with Crippen LogP contribution in [-0.4, -0.2) is 38.1 Å². The SMILES string of the molecule is CN[C@@H](C)[C@H]1CC[C@H]2[C@@H]3CC=C4C[C@@H](N(C)C)CC[C@]4(C)[C@H]3CC[C@]12C. The van der Waals surface area contributed by atoms with Crippen molar-refractivity contribution in [3.05, 3.63) is 11.6 Å². The lowest BCUT2D eigenvalue weighted by Gasteiger charge is -2.59. The van der Waals surface area contributed by atoms with Crippen molar-refractivity contribution in [2.45, 2.75) is 84.2 Å². The van der Waals surface area contributed by atoms with Crippen molar-refractivity contribution in [1.82, 2.24) is 10.2 Å². The monoisotopic (exact) mass is 358 g/mol. The maximum Gasteiger partial charge on any atom is 0.0127 e. The quantitative estimate of drug-likeness (QED) is 0.706. The molecule has 0 saturated heterocycles. The second-order valence-corrected chi connectivity index (χ2v) is 10.9. The molecule has 0 amide bonds. The molecule has 2 nitrogen and oxygen atoms in total. The summed E-state index contributed by atoms with van der Waals surface area (Å²) in [7, 11) is 6.70. The Balaban J connectivity index is 1.59. The standard InChI is InChI=1S/C24H42N2/c1-16(25-4)20-9-10-21-19-8-7-17-15-18(26(5)6)11-13-23(17,2)22(19)12-14-24(20,21)3/h7,16,18-22,25H,8-15H2,1-6H3/t16-,18-,19-,20+,21-,22-,23-,24+/m0/s1. The highest BCUT2D eigenvalue weighted by molar-refractivity contribution is 5.26. The average Bonchev–Trinajstić information content (AvgIpc) is 2.97. The van der Waals surface area contributed by atoms with Gasteiger partial charge in [-0.05, 0) is 114 Å². The van der Waals surface area contributed by atoms with Crippen molar-refractivity contribution in [3.8, 4) is 0 Å². The third-order valence-corrected chi connectivity index (χ3v) is 9.94. The number of hydrogen-bond acceptors (Lipinski definition) is 2. The summed E-state index contributed by atoms with van der Waals surface area (Å²) in [5, 5.41) is 3.59. The van der Waals surface area contributed by atoms with Crippen LogP contribution in [0.4, 0.5) is 0 Å². The fraction of sp³-hybridized carbons (Fsp3) is 0.917. The summed E-state index contributed by atoms with van der Waals surface area (Å²) in [6.45, 7) is 7.73. The number of nitrogens with zero attached hydrogens (tertiary/aromatic N) is 1. The van der Waals surface area contributed by atoms with Gasteiger partial charge in [-0.2, -0.15) is 0 Å². The van der Waals surface area contributed by atoms with Crippen LogP contribution >= 0.6 is 0 Å². The van der Waals surface area contributed by atoms with E-state index in [-0.39, 0.29) is 0 Å². The molecule has 0 unspecified atom stereocenters. The van der Waals surface area contributed by atoms with Gasteiger partial charge in [-0.15, -0.1) is 0 Å². The molecular weight excluding hydrogens is 316 g/mol. The molecule has 0 spiro atoms. The van der Waals surface area contributed by atoms with Gasteiger partial charge in [0.05, 0.1) is 0 Å². The van der Waals surface area contributed by atoms with Crippen LogP contribution in [-0.2, 0) is 0 Å². The normalized spacial score (nSPS) is 49.2. The minimum absolute atomic E-state index is 0.503. The number of allylic oxidation sites excluding steroid dienone is 1. The van der Waals surface area contributed by atoms with E-state index in [9.17, 15) is 0 Å². The van der Waals surface area contributed by atoms with Gasteiger partial charge in [0.25, 0.3) is 0 Å². The van der Waals surface area contributed by atoms with Crippen molar-refractivity contribution in [3.63, 3.8) is 0 Å². The smallest absolute Gasteiger partial charge is 0.0127 e. The lowest BCUT2D eigenvalue weighted by Crippen LogP contribution is -2.52. The molecule has 0 heterocycles. The lowest BCUT2D eigenvalue weighted by atomic mass is 9.47. The zero-order valence-corrected chi connectivity index (χ0v) is 18.1. The Labute approximate surface area is 162 Å². The van der Waals surface area contributed by atoms with Crippen LogP contribution in [0.15, 0.2) is 11.6 Å². The molecule has 148 valence electrons. The molecule has 4 aliphatic carbocycles. The second-order valence-electron chi connectivity index (χ2n) is 10.9. The molecular formula is C24H42N2. The van der Waals surface area contributed by atoms with Crippen molar-refractivity contribution < 1.29 is 0 Å². The summed E-state index contributed by atoms with van der Waals surface area (Å²) in [4.78, 5) is 2.46. The molecule has 4 rings (SSSR count). The summed E-state index contributed by atoms with van der Waals surface area (Å²) in [5.41, 5.74) is 2.90. The largest absolute Gasteiger partial charge is 0.317 e. The first-order valence-corrected chi connectivity index (χ1v) is 11.3. The predicted octanol–water partition coefficient (Wildman–Crippen LogP) is 5.10. The van der Waals surface area contributed by atoms with E-state index in [0.717, 1.165) is 29.7 Å². The Morgan fingerprint density at radius 1 is 1.08 bits per heavy atom. The predicted molar refractivity (Wildman–Crippen MR) is 111 cm³/mol. The number of hydrogen-bond donors (Lipinski definition) is 1. The Morgan fingerprint density at radius 3 is 2.54 bits per heavy atom. The molecule has 0 aliphatic heterocycles.